The summed E-state index contributed by atoms with van der Waals surface area (Å²) >= 11 is 0. The van der Waals surface area contributed by atoms with Gasteiger partial charge in [-0.1, -0.05) is 6.07 Å². The van der Waals surface area contributed by atoms with Crippen molar-refractivity contribution < 1.29 is 19.5 Å². The van der Waals surface area contributed by atoms with Gasteiger partial charge in [0.05, 0.1) is 13.2 Å². The van der Waals surface area contributed by atoms with Crippen LogP contribution in [0.25, 0.3) is 0 Å². The second-order valence-electron chi connectivity index (χ2n) is 6.88. The van der Waals surface area contributed by atoms with Gasteiger partial charge in [0.2, 0.25) is 0 Å². The highest BCUT2D eigenvalue weighted by Crippen LogP contribution is 2.23. The summed E-state index contributed by atoms with van der Waals surface area (Å²) in [5, 5.41) is 14.8. The minimum Gasteiger partial charge on any atom is -0.395 e. The molecule has 0 saturated heterocycles. The molecule has 1 aliphatic rings. The van der Waals surface area contributed by atoms with E-state index in [2.05, 4.69) is 10.6 Å². The van der Waals surface area contributed by atoms with Gasteiger partial charge in [-0.15, -0.1) is 0 Å². The molecule has 1 aliphatic heterocycles. The second-order valence-corrected chi connectivity index (χ2v) is 6.88. The average Bonchev–Trinajstić information content (AvgIpc) is 2.75. The Morgan fingerprint density at radius 2 is 1.92 bits per heavy atom. The molecule has 0 spiro atoms. The lowest BCUT2D eigenvalue weighted by Gasteiger charge is -2.22. The first-order chi connectivity index (χ1) is 11.6. The Balaban J connectivity index is 2.23. The molecule has 1 heterocycles. The van der Waals surface area contributed by atoms with E-state index in [0.29, 0.717) is 16.8 Å². The molecular formula is C18H23N3O4. The number of hydrogen-bond acceptors (Lipinski definition) is 5. The van der Waals surface area contributed by atoms with E-state index in [-0.39, 0.29) is 30.3 Å². The fraction of sp³-hybridized carbons (Fsp3) is 0.389. The van der Waals surface area contributed by atoms with Crippen LogP contribution in [-0.4, -0.2) is 46.4 Å². The number of aliphatic hydroxyl groups is 1. The summed E-state index contributed by atoms with van der Waals surface area (Å²) in [6.07, 6.45) is 1.19. The molecule has 0 atom stereocenters. The Hall–Kier alpha value is -2.67. The van der Waals surface area contributed by atoms with Gasteiger partial charge >= 0.3 is 0 Å². The Morgan fingerprint density at radius 1 is 1.24 bits per heavy atom. The molecule has 0 saturated carbocycles. The van der Waals surface area contributed by atoms with Crippen molar-refractivity contribution in [3.8, 4) is 0 Å². The van der Waals surface area contributed by atoms with Crippen LogP contribution in [0.2, 0.25) is 0 Å². The molecule has 0 bridgehead atoms. The van der Waals surface area contributed by atoms with Crippen LogP contribution in [0.1, 0.15) is 36.7 Å². The fourth-order valence-electron chi connectivity index (χ4n) is 2.48. The summed E-state index contributed by atoms with van der Waals surface area (Å²) in [4.78, 5) is 37.4. The highest BCUT2D eigenvalue weighted by atomic mass is 16.3. The largest absolute Gasteiger partial charge is 0.395 e. The maximum Gasteiger partial charge on any atom is 0.277 e. The summed E-state index contributed by atoms with van der Waals surface area (Å²) in [6, 6.07) is 5.15. The Bertz CT molecular complexity index is 747. The Morgan fingerprint density at radius 3 is 2.52 bits per heavy atom. The van der Waals surface area contributed by atoms with Gasteiger partial charge in [-0.3, -0.25) is 19.3 Å². The van der Waals surface area contributed by atoms with Crippen molar-refractivity contribution in [2.24, 2.45) is 0 Å². The first kappa shape index (κ1) is 18.7. The molecule has 7 heteroatoms. The quantitative estimate of drug-likeness (QED) is 0.696. The second kappa shape index (κ2) is 7.06. The van der Waals surface area contributed by atoms with Crippen LogP contribution in [0.3, 0.4) is 0 Å². The molecule has 25 heavy (non-hydrogen) atoms. The van der Waals surface area contributed by atoms with E-state index in [9.17, 15) is 14.4 Å². The normalized spacial score (nSPS) is 14.6. The summed E-state index contributed by atoms with van der Waals surface area (Å²) in [7, 11) is 0. The van der Waals surface area contributed by atoms with Crippen molar-refractivity contribution in [1.82, 2.24) is 10.2 Å². The molecule has 2 rings (SSSR count). The predicted octanol–water partition coefficient (Wildman–Crippen LogP) is 1.18. The number of β-amino-alcohol motifs (C(OH)–C–C–N with tert-alkyl or cyclic N) is 1. The highest BCUT2D eigenvalue weighted by molar-refractivity contribution is 6.17. The van der Waals surface area contributed by atoms with Gasteiger partial charge in [-0.25, -0.2) is 0 Å². The molecule has 134 valence electrons. The maximum absolute atomic E-state index is 12.4. The molecular weight excluding hydrogens is 322 g/mol. The van der Waals surface area contributed by atoms with Crippen molar-refractivity contribution in [3.63, 3.8) is 0 Å². The van der Waals surface area contributed by atoms with E-state index in [4.69, 9.17) is 5.11 Å². The van der Waals surface area contributed by atoms with Gasteiger partial charge in [0.1, 0.15) is 5.70 Å². The standard InChI is InChI=1S/C18H23N3O4/c1-11-12(16(24)20-18(2,3)4)6-5-7-13(11)19-14-10-15(23)21(8-9-22)17(14)25/h5-7,10,19,22H,8-9H2,1-4H3,(H,20,24). The Kier molecular flexibility index (Phi) is 5.27. The van der Waals surface area contributed by atoms with Crippen molar-refractivity contribution in [1.29, 1.82) is 0 Å². The van der Waals surface area contributed by atoms with E-state index in [1.54, 1.807) is 25.1 Å². The van der Waals surface area contributed by atoms with Gasteiger partial charge in [-0.2, -0.15) is 0 Å². The van der Waals surface area contributed by atoms with Crippen LogP contribution in [0.5, 0.6) is 0 Å². The van der Waals surface area contributed by atoms with Gasteiger partial charge in [0.15, 0.2) is 0 Å². The first-order valence-corrected chi connectivity index (χ1v) is 8.01. The van der Waals surface area contributed by atoms with E-state index < -0.39 is 11.8 Å². The van der Waals surface area contributed by atoms with E-state index in [1.807, 2.05) is 20.8 Å². The van der Waals surface area contributed by atoms with Crippen molar-refractivity contribution in [3.05, 3.63) is 41.1 Å². The number of hydrogen-bond donors (Lipinski definition) is 3. The summed E-state index contributed by atoms with van der Waals surface area (Å²) in [5.41, 5.74) is 1.49. The number of carbonyl (C=O) groups excluding carboxylic acids is 3. The highest BCUT2D eigenvalue weighted by Gasteiger charge is 2.31. The average molecular weight is 345 g/mol. The summed E-state index contributed by atoms with van der Waals surface area (Å²) in [6.45, 7) is 7.11. The number of anilines is 1. The zero-order valence-electron chi connectivity index (χ0n) is 14.8. The number of amides is 3. The number of nitrogens with zero attached hydrogens (tertiary/aromatic N) is 1. The maximum atomic E-state index is 12.4. The number of rotatable bonds is 5. The number of carbonyl (C=O) groups is 3. The molecule has 3 N–H and O–H groups in total. The number of imide groups is 1. The zero-order chi connectivity index (χ0) is 18.8. The molecule has 3 amide bonds. The van der Waals surface area contributed by atoms with Crippen LogP contribution < -0.4 is 10.6 Å². The van der Waals surface area contributed by atoms with Crippen molar-refractivity contribution in [2.75, 3.05) is 18.5 Å². The van der Waals surface area contributed by atoms with E-state index in [0.717, 1.165) is 4.90 Å². The van der Waals surface area contributed by atoms with Gasteiger partial charge in [0.25, 0.3) is 17.7 Å². The number of nitrogens with one attached hydrogen (secondary N) is 2. The molecule has 0 fully saturated rings. The number of aliphatic hydroxyl groups excluding tert-OH is 1. The summed E-state index contributed by atoms with van der Waals surface area (Å²) < 4.78 is 0. The minimum atomic E-state index is -0.497. The molecule has 0 aliphatic carbocycles. The van der Waals surface area contributed by atoms with Crippen LogP contribution in [0.15, 0.2) is 30.0 Å². The fourth-order valence-corrected chi connectivity index (χ4v) is 2.48. The molecule has 1 aromatic carbocycles. The zero-order valence-corrected chi connectivity index (χ0v) is 14.8. The van der Waals surface area contributed by atoms with E-state index >= 15 is 0 Å². The van der Waals surface area contributed by atoms with E-state index in [1.165, 1.54) is 6.08 Å². The van der Waals surface area contributed by atoms with Crippen molar-refractivity contribution >= 4 is 23.4 Å². The first-order valence-electron chi connectivity index (χ1n) is 8.01. The predicted molar refractivity (Wildman–Crippen MR) is 93.9 cm³/mol. The van der Waals surface area contributed by atoms with Crippen molar-refractivity contribution in [2.45, 2.75) is 33.2 Å². The molecule has 0 radical (unpaired) electrons. The third-order valence-electron chi connectivity index (χ3n) is 3.67. The topological polar surface area (TPSA) is 98.7 Å². The van der Waals surface area contributed by atoms with Crippen LogP contribution in [-0.2, 0) is 9.59 Å². The van der Waals surface area contributed by atoms with Crippen LogP contribution in [0.4, 0.5) is 5.69 Å². The molecule has 7 nitrogen and oxygen atoms in total. The molecule has 1 aromatic rings. The third-order valence-corrected chi connectivity index (χ3v) is 3.67. The van der Waals surface area contributed by atoms with Gasteiger partial charge in [0, 0.05) is 22.9 Å². The smallest absolute Gasteiger partial charge is 0.277 e. The van der Waals surface area contributed by atoms with Gasteiger partial charge < -0.3 is 15.7 Å². The number of benzene rings is 1. The van der Waals surface area contributed by atoms with Crippen LogP contribution >= 0.6 is 0 Å². The van der Waals surface area contributed by atoms with Gasteiger partial charge in [-0.05, 0) is 45.4 Å². The monoisotopic (exact) mass is 345 g/mol. The Labute approximate surface area is 146 Å². The third kappa shape index (κ3) is 4.24. The molecule has 0 aromatic heterocycles. The lowest BCUT2D eigenvalue weighted by atomic mass is 10.0. The summed E-state index contributed by atoms with van der Waals surface area (Å²) in [5.74, 6) is -1.18. The molecule has 0 unspecified atom stereocenters. The van der Waals surface area contributed by atoms with Crippen LogP contribution in [0, 0.1) is 6.92 Å². The minimum absolute atomic E-state index is 0.0492. The lowest BCUT2D eigenvalue weighted by Crippen LogP contribution is -2.40. The SMILES string of the molecule is Cc1c(NC2=CC(=O)N(CCO)C2=O)cccc1C(=O)NC(C)(C)C. The lowest BCUT2D eigenvalue weighted by molar-refractivity contribution is -0.137.